The molecule has 1 aliphatic heterocycles. The number of hydrogen-bond donors (Lipinski definition) is 1. The van der Waals surface area contributed by atoms with Gasteiger partial charge in [-0.05, 0) is 79.9 Å². The molecule has 2 aromatic heterocycles. The first-order valence-electron chi connectivity index (χ1n) is 14.7. The van der Waals surface area contributed by atoms with Crippen LogP contribution in [0.4, 0.5) is 5.69 Å². The van der Waals surface area contributed by atoms with Crippen LogP contribution in [0.1, 0.15) is 29.9 Å². The van der Waals surface area contributed by atoms with Crippen LogP contribution in [0.5, 0.6) is 11.5 Å². The monoisotopic (exact) mass is 626 g/mol. The number of benzene rings is 3. The number of carbonyl (C=O) groups is 1. The van der Waals surface area contributed by atoms with Crippen molar-refractivity contribution in [3.05, 3.63) is 105 Å². The SMILES string of the molecule is CCOc1ccc(NC(=O)CSc2nc3sc4c(c3c(=O)n2-c2ccc(OCC)cc2)CCN(Cc2ccccc2)C4)cc1. The van der Waals surface area contributed by atoms with Crippen molar-refractivity contribution in [1.82, 2.24) is 14.5 Å². The largest absolute Gasteiger partial charge is 0.494 e. The third-order valence-corrected chi connectivity index (χ3v) is 9.41. The van der Waals surface area contributed by atoms with Gasteiger partial charge in [-0.25, -0.2) is 4.98 Å². The fourth-order valence-corrected chi connectivity index (χ4v) is 7.48. The summed E-state index contributed by atoms with van der Waals surface area (Å²) in [5.41, 5.74) is 3.62. The number of carbonyl (C=O) groups excluding carboxylic acids is 1. The maximum absolute atomic E-state index is 14.2. The Morgan fingerprint density at radius 1 is 0.955 bits per heavy atom. The summed E-state index contributed by atoms with van der Waals surface area (Å²) in [5, 5.41) is 4.09. The summed E-state index contributed by atoms with van der Waals surface area (Å²) in [7, 11) is 0. The lowest BCUT2D eigenvalue weighted by Gasteiger charge is -2.26. The smallest absolute Gasteiger partial charge is 0.267 e. The maximum atomic E-state index is 14.2. The van der Waals surface area contributed by atoms with Crippen molar-refractivity contribution in [3.8, 4) is 17.2 Å². The van der Waals surface area contributed by atoms with Gasteiger partial charge in [-0.15, -0.1) is 11.3 Å². The van der Waals surface area contributed by atoms with Crippen LogP contribution in [0, 0.1) is 0 Å². The van der Waals surface area contributed by atoms with Gasteiger partial charge in [0.15, 0.2) is 5.16 Å². The van der Waals surface area contributed by atoms with E-state index >= 15 is 0 Å². The molecule has 3 aromatic carbocycles. The summed E-state index contributed by atoms with van der Waals surface area (Å²) in [4.78, 5) is 36.5. The second-order valence-corrected chi connectivity index (χ2v) is 12.4. The third kappa shape index (κ3) is 6.67. The Hall–Kier alpha value is -4.12. The number of nitrogens with zero attached hydrogens (tertiary/aromatic N) is 3. The molecule has 3 heterocycles. The van der Waals surface area contributed by atoms with Crippen molar-refractivity contribution in [2.45, 2.75) is 38.5 Å². The maximum Gasteiger partial charge on any atom is 0.267 e. The zero-order valence-corrected chi connectivity index (χ0v) is 26.4. The Balaban J connectivity index is 1.29. The average Bonchev–Trinajstić information content (AvgIpc) is 3.40. The molecule has 0 aliphatic carbocycles. The van der Waals surface area contributed by atoms with Crippen LogP contribution >= 0.6 is 23.1 Å². The number of hydrogen-bond acceptors (Lipinski definition) is 8. The standard InChI is InChI=1S/C34H34N4O4S2/c1-3-41-26-14-10-24(11-15-26)35-30(39)22-43-34-36-32-31(33(40)38(34)25-12-16-27(17-13-25)42-4-2)28-18-19-37(21-29(28)44-32)20-23-8-6-5-7-9-23/h5-17H,3-4,18-22H2,1-2H3,(H,35,39). The topological polar surface area (TPSA) is 85.7 Å². The van der Waals surface area contributed by atoms with Crippen molar-refractivity contribution in [2.75, 3.05) is 30.8 Å². The van der Waals surface area contributed by atoms with Gasteiger partial charge in [0.25, 0.3) is 5.56 Å². The highest BCUT2D eigenvalue weighted by atomic mass is 32.2. The van der Waals surface area contributed by atoms with Gasteiger partial charge >= 0.3 is 0 Å². The third-order valence-electron chi connectivity index (χ3n) is 7.36. The van der Waals surface area contributed by atoms with Crippen molar-refractivity contribution in [1.29, 1.82) is 0 Å². The molecule has 226 valence electrons. The van der Waals surface area contributed by atoms with E-state index in [2.05, 4.69) is 34.5 Å². The van der Waals surface area contributed by atoms with Crippen LogP contribution in [0.3, 0.4) is 0 Å². The summed E-state index contributed by atoms with van der Waals surface area (Å²) < 4.78 is 12.8. The second kappa shape index (κ2) is 13.7. The molecule has 0 saturated carbocycles. The molecule has 6 rings (SSSR count). The minimum Gasteiger partial charge on any atom is -0.494 e. The van der Waals surface area contributed by atoms with Crippen LogP contribution in [0.15, 0.2) is 88.8 Å². The molecule has 0 atom stereocenters. The van der Waals surface area contributed by atoms with Gasteiger partial charge in [-0.2, -0.15) is 0 Å². The Morgan fingerprint density at radius 2 is 1.64 bits per heavy atom. The van der Waals surface area contributed by atoms with E-state index in [0.29, 0.717) is 35.1 Å². The van der Waals surface area contributed by atoms with E-state index in [-0.39, 0.29) is 17.2 Å². The van der Waals surface area contributed by atoms with Crippen LogP contribution in [-0.4, -0.2) is 45.9 Å². The molecular formula is C34H34N4O4S2. The summed E-state index contributed by atoms with van der Waals surface area (Å²) in [5.74, 6) is 1.39. The number of aromatic nitrogens is 2. The first-order valence-corrected chi connectivity index (χ1v) is 16.5. The number of thiophene rings is 1. The van der Waals surface area contributed by atoms with E-state index in [9.17, 15) is 9.59 Å². The lowest BCUT2D eigenvalue weighted by molar-refractivity contribution is -0.113. The molecule has 8 nitrogen and oxygen atoms in total. The number of rotatable bonds is 11. The Kier molecular flexibility index (Phi) is 9.30. The van der Waals surface area contributed by atoms with Gasteiger partial charge in [0.2, 0.25) is 5.91 Å². The quantitative estimate of drug-likeness (QED) is 0.132. The molecule has 5 aromatic rings. The first kappa shape index (κ1) is 29.9. The second-order valence-electron chi connectivity index (χ2n) is 10.4. The molecule has 0 unspecified atom stereocenters. The van der Waals surface area contributed by atoms with Gasteiger partial charge in [-0.3, -0.25) is 19.1 Å². The van der Waals surface area contributed by atoms with Gasteiger partial charge in [0.1, 0.15) is 16.3 Å². The summed E-state index contributed by atoms with van der Waals surface area (Å²) in [6.45, 7) is 7.51. The lowest BCUT2D eigenvalue weighted by atomic mass is 10.0. The number of nitrogens with one attached hydrogen (secondary N) is 1. The molecule has 0 bridgehead atoms. The zero-order chi connectivity index (χ0) is 30.5. The molecular weight excluding hydrogens is 593 g/mol. The highest BCUT2D eigenvalue weighted by molar-refractivity contribution is 7.99. The molecule has 1 N–H and O–H groups in total. The van der Waals surface area contributed by atoms with Crippen molar-refractivity contribution in [2.24, 2.45) is 0 Å². The van der Waals surface area contributed by atoms with E-state index in [1.165, 1.54) is 22.2 Å². The lowest BCUT2D eigenvalue weighted by Crippen LogP contribution is -2.30. The van der Waals surface area contributed by atoms with Gasteiger partial charge in [-0.1, -0.05) is 42.1 Å². The molecule has 0 spiro atoms. The molecule has 0 fully saturated rings. The molecule has 0 saturated heterocycles. The predicted octanol–water partition coefficient (Wildman–Crippen LogP) is 6.53. The van der Waals surface area contributed by atoms with Crippen molar-refractivity contribution < 1.29 is 14.3 Å². The minimum absolute atomic E-state index is 0.0954. The van der Waals surface area contributed by atoms with Crippen LogP contribution < -0.4 is 20.3 Å². The molecule has 44 heavy (non-hydrogen) atoms. The summed E-state index contributed by atoms with van der Waals surface area (Å²) in [6, 6.07) is 25.2. The van der Waals surface area contributed by atoms with Gasteiger partial charge in [0, 0.05) is 30.2 Å². The summed E-state index contributed by atoms with van der Waals surface area (Å²) >= 11 is 2.84. The number of anilines is 1. The molecule has 1 amide bonds. The number of fused-ring (bicyclic) bond motifs is 3. The normalized spacial score (nSPS) is 13.0. The minimum atomic E-state index is -0.186. The molecule has 1 aliphatic rings. The van der Waals surface area contributed by atoms with Crippen LogP contribution in [0.2, 0.25) is 0 Å². The van der Waals surface area contributed by atoms with Crippen molar-refractivity contribution >= 4 is 44.9 Å². The number of thioether (sulfide) groups is 1. The predicted molar refractivity (Wildman–Crippen MR) is 178 cm³/mol. The van der Waals surface area contributed by atoms with E-state index in [1.54, 1.807) is 15.9 Å². The first-order chi connectivity index (χ1) is 21.5. The van der Waals surface area contributed by atoms with E-state index in [1.807, 2.05) is 68.4 Å². The Bertz CT molecular complexity index is 1800. The average molecular weight is 627 g/mol. The highest BCUT2D eigenvalue weighted by Crippen LogP contribution is 2.35. The summed E-state index contributed by atoms with van der Waals surface area (Å²) in [6.07, 6.45) is 0.791. The van der Waals surface area contributed by atoms with Gasteiger partial charge in [0.05, 0.1) is 30.0 Å². The van der Waals surface area contributed by atoms with Crippen molar-refractivity contribution in [3.63, 3.8) is 0 Å². The Morgan fingerprint density at radius 3 is 2.32 bits per heavy atom. The molecule has 10 heteroatoms. The highest BCUT2D eigenvalue weighted by Gasteiger charge is 2.26. The fourth-order valence-electron chi connectivity index (χ4n) is 5.36. The zero-order valence-electron chi connectivity index (χ0n) is 24.7. The number of amides is 1. The van der Waals surface area contributed by atoms with Crippen LogP contribution in [0.25, 0.3) is 15.9 Å². The van der Waals surface area contributed by atoms with E-state index in [4.69, 9.17) is 14.5 Å². The van der Waals surface area contributed by atoms with Gasteiger partial charge < -0.3 is 14.8 Å². The molecule has 0 radical (unpaired) electrons. The van der Waals surface area contributed by atoms with E-state index < -0.39 is 0 Å². The fraction of sp³-hybridized carbons (Fsp3) is 0.265. The number of ether oxygens (including phenoxy) is 2. The Labute approximate surface area is 264 Å². The van der Waals surface area contributed by atoms with Crippen LogP contribution in [-0.2, 0) is 24.3 Å². The van der Waals surface area contributed by atoms with E-state index in [0.717, 1.165) is 47.9 Å².